The fourth-order valence-corrected chi connectivity index (χ4v) is 2.76. The Morgan fingerprint density at radius 1 is 1.17 bits per heavy atom. The predicted octanol–water partition coefficient (Wildman–Crippen LogP) is 4.23. The Bertz CT molecular complexity index is 389. The maximum absolute atomic E-state index is 4.73. The summed E-state index contributed by atoms with van der Waals surface area (Å²) in [6.45, 7) is 11.8. The SMILES string of the molecule is CCNc1nc(CCC(C)C)nc(C(C)C)c1I. The van der Waals surface area contributed by atoms with Gasteiger partial charge in [0, 0.05) is 13.0 Å². The van der Waals surface area contributed by atoms with Gasteiger partial charge in [-0.2, -0.15) is 0 Å². The van der Waals surface area contributed by atoms with E-state index in [1.165, 1.54) is 5.69 Å². The van der Waals surface area contributed by atoms with Gasteiger partial charge in [-0.05, 0) is 47.8 Å². The summed E-state index contributed by atoms with van der Waals surface area (Å²) in [6, 6.07) is 0. The van der Waals surface area contributed by atoms with E-state index in [0.717, 1.165) is 34.6 Å². The Balaban J connectivity index is 3.04. The van der Waals surface area contributed by atoms with E-state index in [2.05, 4.69) is 67.5 Å². The van der Waals surface area contributed by atoms with Crippen molar-refractivity contribution in [2.45, 2.75) is 53.4 Å². The molecule has 4 heteroatoms. The lowest BCUT2D eigenvalue weighted by atomic mass is 10.1. The van der Waals surface area contributed by atoms with Crippen molar-refractivity contribution in [2.24, 2.45) is 5.92 Å². The highest BCUT2D eigenvalue weighted by molar-refractivity contribution is 14.1. The van der Waals surface area contributed by atoms with Crippen LogP contribution in [0.5, 0.6) is 0 Å². The van der Waals surface area contributed by atoms with Gasteiger partial charge in [0.05, 0.1) is 9.26 Å². The molecule has 1 N–H and O–H groups in total. The first-order valence-corrected chi connectivity index (χ1v) is 7.83. The fourth-order valence-electron chi connectivity index (χ4n) is 1.71. The molecule has 102 valence electrons. The molecule has 0 aliphatic heterocycles. The zero-order chi connectivity index (χ0) is 13.7. The normalized spacial score (nSPS) is 11.3. The summed E-state index contributed by atoms with van der Waals surface area (Å²) in [5, 5.41) is 3.34. The van der Waals surface area contributed by atoms with Crippen LogP contribution in [0.3, 0.4) is 0 Å². The van der Waals surface area contributed by atoms with Crippen molar-refractivity contribution in [1.29, 1.82) is 0 Å². The highest BCUT2D eigenvalue weighted by Gasteiger charge is 2.14. The molecule has 1 heterocycles. The maximum Gasteiger partial charge on any atom is 0.143 e. The Morgan fingerprint density at radius 2 is 1.83 bits per heavy atom. The first kappa shape index (κ1) is 15.7. The number of nitrogens with zero attached hydrogens (tertiary/aromatic N) is 2. The number of anilines is 1. The molecule has 0 atom stereocenters. The molecule has 0 unspecified atom stereocenters. The van der Waals surface area contributed by atoms with Crippen molar-refractivity contribution in [3.63, 3.8) is 0 Å². The first-order valence-electron chi connectivity index (χ1n) is 6.75. The van der Waals surface area contributed by atoms with Crippen LogP contribution in [0.2, 0.25) is 0 Å². The van der Waals surface area contributed by atoms with Crippen LogP contribution in [0.1, 0.15) is 58.5 Å². The summed E-state index contributed by atoms with van der Waals surface area (Å²) in [4.78, 5) is 9.38. The van der Waals surface area contributed by atoms with Crippen molar-refractivity contribution < 1.29 is 0 Å². The fraction of sp³-hybridized carbons (Fsp3) is 0.714. The minimum atomic E-state index is 0.440. The molecule has 0 amide bonds. The zero-order valence-corrected chi connectivity index (χ0v) is 14.2. The summed E-state index contributed by atoms with van der Waals surface area (Å²) in [7, 11) is 0. The molecular weight excluding hydrogens is 337 g/mol. The number of hydrogen-bond donors (Lipinski definition) is 1. The lowest BCUT2D eigenvalue weighted by Crippen LogP contribution is -2.11. The van der Waals surface area contributed by atoms with Crippen molar-refractivity contribution in [3.8, 4) is 0 Å². The average molecular weight is 361 g/mol. The summed E-state index contributed by atoms with van der Waals surface area (Å²) in [5.41, 5.74) is 1.17. The van der Waals surface area contributed by atoms with Gasteiger partial charge in [-0.25, -0.2) is 9.97 Å². The summed E-state index contributed by atoms with van der Waals surface area (Å²) < 4.78 is 1.16. The van der Waals surface area contributed by atoms with E-state index in [1.54, 1.807) is 0 Å². The zero-order valence-electron chi connectivity index (χ0n) is 12.0. The van der Waals surface area contributed by atoms with E-state index in [0.29, 0.717) is 11.8 Å². The van der Waals surface area contributed by atoms with Crippen LogP contribution in [-0.4, -0.2) is 16.5 Å². The maximum atomic E-state index is 4.73. The molecule has 0 aliphatic rings. The average Bonchev–Trinajstić information content (AvgIpc) is 2.29. The second kappa shape index (κ2) is 7.26. The molecule has 1 aromatic heterocycles. The highest BCUT2D eigenvalue weighted by atomic mass is 127. The topological polar surface area (TPSA) is 37.8 Å². The van der Waals surface area contributed by atoms with Gasteiger partial charge in [0.2, 0.25) is 0 Å². The number of halogens is 1. The van der Waals surface area contributed by atoms with Crippen LogP contribution in [0.15, 0.2) is 0 Å². The van der Waals surface area contributed by atoms with Crippen LogP contribution in [-0.2, 0) is 6.42 Å². The van der Waals surface area contributed by atoms with E-state index >= 15 is 0 Å². The smallest absolute Gasteiger partial charge is 0.143 e. The third-order valence-corrected chi connectivity index (χ3v) is 3.82. The van der Waals surface area contributed by atoms with Gasteiger partial charge in [0.15, 0.2) is 0 Å². The molecular formula is C14H24IN3. The summed E-state index contributed by atoms with van der Waals surface area (Å²) in [5.74, 6) is 3.10. The molecule has 18 heavy (non-hydrogen) atoms. The quantitative estimate of drug-likeness (QED) is 0.771. The highest BCUT2D eigenvalue weighted by Crippen LogP contribution is 2.25. The molecule has 1 aromatic rings. The van der Waals surface area contributed by atoms with Gasteiger partial charge in [-0.1, -0.05) is 27.7 Å². The number of rotatable bonds is 6. The van der Waals surface area contributed by atoms with Crippen molar-refractivity contribution >= 4 is 28.4 Å². The molecule has 0 fully saturated rings. The second-order valence-corrected chi connectivity index (χ2v) is 6.38. The van der Waals surface area contributed by atoms with Gasteiger partial charge < -0.3 is 5.32 Å². The molecule has 1 rings (SSSR count). The summed E-state index contributed by atoms with van der Waals surface area (Å²) in [6.07, 6.45) is 2.11. The molecule has 0 bridgehead atoms. The molecule has 3 nitrogen and oxygen atoms in total. The predicted molar refractivity (Wildman–Crippen MR) is 86.2 cm³/mol. The van der Waals surface area contributed by atoms with Crippen LogP contribution >= 0.6 is 22.6 Å². The van der Waals surface area contributed by atoms with E-state index in [-0.39, 0.29) is 0 Å². The van der Waals surface area contributed by atoms with E-state index in [4.69, 9.17) is 4.98 Å². The van der Waals surface area contributed by atoms with E-state index in [9.17, 15) is 0 Å². The van der Waals surface area contributed by atoms with Crippen LogP contribution in [0.4, 0.5) is 5.82 Å². The van der Waals surface area contributed by atoms with Gasteiger partial charge in [-0.15, -0.1) is 0 Å². The molecule has 0 saturated carbocycles. The molecule has 0 aromatic carbocycles. The van der Waals surface area contributed by atoms with Crippen LogP contribution in [0, 0.1) is 9.49 Å². The lowest BCUT2D eigenvalue weighted by molar-refractivity contribution is 0.572. The second-order valence-electron chi connectivity index (χ2n) is 5.31. The largest absolute Gasteiger partial charge is 0.369 e. The van der Waals surface area contributed by atoms with Gasteiger partial charge in [0.1, 0.15) is 11.6 Å². The third-order valence-electron chi connectivity index (χ3n) is 2.76. The Labute approximate surface area is 124 Å². The number of hydrogen-bond acceptors (Lipinski definition) is 3. The molecule has 0 spiro atoms. The van der Waals surface area contributed by atoms with Crippen molar-refractivity contribution in [3.05, 3.63) is 15.1 Å². The minimum absolute atomic E-state index is 0.440. The van der Waals surface area contributed by atoms with Crippen LogP contribution < -0.4 is 5.32 Å². The van der Waals surface area contributed by atoms with Gasteiger partial charge >= 0.3 is 0 Å². The van der Waals surface area contributed by atoms with E-state index < -0.39 is 0 Å². The number of nitrogens with one attached hydrogen (secondary N) is 1. The molecule has 0 saturated heterocycles. The number of aromatic nitrogens is 2. The minimum Gasteiger partial charge on any atom is -0.369 e. The summed E-state index contributed by atoms with van der Waals surface area (Å²) >= 11 is 2.35. The van der Waals surface area contributed by atoms with Gasteiger partial charge in [0.25, 0.3) is 0 Å². The molecule has 0 radical (unpaired) electrons. The first-order chi connectivity index (χ1) is 8.45. The Hall–Kier alpha value is -0.390. The monoisotopic (exact) mass is 361 g/mol. The van der Waals surface area contributed by atoms with Crippen LogP contribution in [0.25, 0.3) is 0 Å². The number of aryl methyl sites for hydroxylation is 1. The standard InChI is InChI=1S/C14H24IN3/c1-6-16-14-12(15)13(10(4)5)17-11(18-14)8-7-9(2)3/h9-10H,6-8H2,1-5H3,(H,16,17,18). The van der Waals surface area contributed by atoms with Gasteiger partial charge in [-0.3, -0.25) is 0 Å². The van der Waals surface area contributed by atoms with Crippen molar-refractivity contribution in [2.75, 3.05) is 11.9 Å². The Kier molecular flexibility index (Phi) is 6.32. The Morgan fingerprint density at radius 3 is 2.33 bits per heavy atom. The lowest BCUT2D eigenvalue weighted by Gasteiger charge is -2.14. The third kappa shape index (κ3) is 4.37. The molecule has 0 aliphatic carbocycles. The van der Waals surface area contributed by atoms with Crippen molar-refractivity contribution in [1.82, 2.24) is 9.97 Å². The van der Waals surface area contributed by atoms with E-state index in [1.807, 2.05) is 0 Å².